The molecule has 36 heavy (non-hydrogen) atoms. The van der Waals surface area contributed by atoms with Crippen molar-refractivity contribution in [2.24, 2.45) is 17.0 Å². The van der Waals surface area contributed by atoms with Gasteiger partial charge in [0.2, 0.25) is 5.78 Å². The molecule has 0 bridgehead atoms. The van der Waals surface area contributed by atoms with Crippen molar-refractivity contribution in [1.82, 2.24) is 19.7 Å². The van der Waals surface area contributed by atoms with Gasteiger partial charge in [-0.1, -0.05) is 12.1 Å². The molecule has 0 amide bonds. The molecule has 0 aliphatic heterocycles. The molecule has 1 aromatic carbocycles. The van der Waals surface area contributed by atoms with Crippen LogP contribution in [0.1, 0.15) is 33.7 Å². The summed E-state index contributed by atoms with van der Waals surface area (Å²) < 4.78 is 33.6. The van der Waals surface area contributed by atoms with Gasteiger partial charge in [-0.3, -0.25) is 13.7 Å². The fourth-order valence-corrected chi connectivity index (χ4v) is 4.73. The van der Waals surface area contributed by atoms with E-state index in [0.717, 1.165) is 11.3 Å². The summed E-state index contributed by atoms with van der Waals surface area (Å²) in [5.41, 5.74) is 1.82. The van der Waals surface area contributed by atoms with Gasteiger partial charge < -0.3 is 14.9 Å². The maximum absolute atomic E-state index is 13.2. The Morgan fingerprint density at radius 2 is 1.89 bits per heavy atom. The van der Waals surface area contributed by atoms with Crippen LogP contribution in [0.5, 0.6) is 5.75 Å². The summed E-state index contributed by atoms with van der Waals surface area (Å²) in [5.74, 6) is -0.753. The zero-order valence-electron chi connectivity index (χ0n) is 19.5. The van der Waals surface area contributed by atoms with Crippen molar-refractivity contribution in [1.29, 1.82) is 0 Å². The second kappa shape index (κ2) is 10.8. The van der Waals surface area contributed by atoms with Crippen LogP contribution in [0.2, 0.25) is 0 Å². The van der Waals surface area contributed by atoms with Crippen LogP contribution in [0.15, 0.2) is 49.1 Å². The number of carbonyl (C=O) groups excluding carboxylic acids is 1. The average Bonchev–Trinajstić information content (AvgIpc) is 3.43. The Labute approximate surface area is 208 Å². The standard InChI is InChI=1S/C23H27N5O7S/c1-34-17-4-2-14(3-5-17)11-28-7-6-19(27-28)23(31)18-10-25-13-26-20(18)9-15-8-16(22(30)21(15)29)12-35-36(24,32)33/h2-7,10,13,15-16,21-22,29-30H,8-9,11-12H2,1H3,(H2,24,32,33)/t15-,16+,21-,22+/m0/s1. The molecule has 192 valence electrons. The van der Waals surface area contributed by atoms with Crippen LogP contribution in [0.3, 0.4) is 0 Å². The van der Waals surface area contributed by atoms with Gasteiger partial charge in [0.15, 0.2) is 0 Å². The lowest BCUT2D eigenvalue weighted by Crippen LogP contribution is -2.31. The fraction of sp³-hybridized carbons (Fsp3) is 0.391. The molecule has 1 aliphatic rings. The molecular weight excluding hydrogens is 490 g/mol. The van der Waals surface area contributed by atoms with Gasteiger partial charge >= 0.3 is 10.3 Å². The lowest BCUT2D eigenvalue weighted by molar-refractivity contribution is -0.00334. The number of nitrogens with two attached hydrogens (primary N) is 1. The molecule has 4 N–H and O–H groups in total. The molecule has 2 heterocycles. The number of aliphatic hydroxyl groups excluding tert-OH is 2. The number of aromatic nitrogens is 4. The molecule has 0 unspecified atom stereocenters. The minimum Gasteiger partial charge on any atom is -0.497 e. The summed E-state index contributed by atoms with van der Waals surface area (Å²) in [6.45, 7) is 0.109. The second-order valence-corrected chi connectivity index (χ2v) is 9.90. The Balaban J connectivity index is 1.46. The predicted octanol–water partition coefficient (Wildman–Crippen LogP) is 0.0815. The van der Waals surface area contributed by atoms with Crippen LogP contribution in [-0.4, -0.2) is 70.1 Å². The highest BCUT2D eigenvalue weighted by Gasteiger charge is 2.42. The first-order valence-corrected chi connectivity index (χ1v) is 12.6. The molecule has 0 spiro atoms. The molecule has 3 aromatic rings. The molecule has 12 nitrogen and oxygen atoms in total. The Kier molecular flexibility index (Phi) is 7.76. The topological polar surface area (TPSA) is 180 Å². The Hall–Kier alpha value is -3.23. The van der Waals surface area contributed by atoms with E-state index in [1.54, 1.807) is 24.1 Å². The number of carbonyl (C=O) groups is 1. The van der Waals surface area contributed by atoms with Crippen molar-refractivity contribution in [2.45, 2.75) is 31.6 Å². The van der Waals surface area contributed by atoms with Gasteiger partial charge in [0, 0.05) is 18.3 Å². The van der Waals surface area contributed by atoms with E-state index in [0.29, 0.717) is 12.2 Å². The second-order valence-electron chi connectivity index (χ2n) is 8.68. The van der Waals surface area contributed by atoms with Gasteiger partial charge in [0.05, 0.1) is 43.7 Å². The monoisotopic (exact) mass is 517 g/mol. The fourth-order valence-electron chi connectivity index (χ4n) is 4.36. The maximum atomic E-state index is 13.2. The van der Waals surface area contributed by atoms with Crippen LogP contribution in [-0.2, 0) is 27.5 Å². The van der Waals surface area contributed by atoms with Crippen molar-refractivity contribution in [3.8, 4) is 5.75 Å². The first-order valence-electron chi connectivity index (χ1n) is 11.2. The normalized spacial score (nSPS) is 22.0. The first kappa shape index (κ1) is 25.9. The lowest BCUT2D eigenvalue weighted by atomic mass is 9.95. The van der Waals surface area contributed by atoms with Gasteiger partial charge in [-0.2, -0.15) is 13.5 Å². The van der Waals surface area contributed by atoms with Crippen molar-refractivity contribution < 1.29 is 32.3 Å². The van der Waals surface area contributed by atoms with Gasteiger partial charge in [0.25, 0.3) is 0 Å². The Morgan fingerprint density at radius 1 is 1.17 bits per heavy atom. The van der Waals surface area contributed by atoms with E-state index in [1.807, 2.05) is 24.3 Å². The van der Waals surface area contributed by atoms with Crippen molar-refractivity contribution >= 4 is 16.1 Å². The summed E-state index contributed by atoms with van der Waals surface area (Å²) in [5, 5.41) is 30.1. The number of nitrogens with zero attached hydrogens (tertiary/aromatic N) is 4. The molecule has 4 atom stereocenters. The predicted molar refractivity (Wildman–Crippen MR) is 126 cm³/mol. The molecule has 4 rings (SSSR count). The lowest BCUT2D eigenvalue weighted by Gasteiger charge is -2.17. The van der Waals surface area contributed by atoms with Crippen LogP contribution >= 0.6 is 0 Å². The third-order valence-electron chi connectivity index (χ3n) is 6.24. The van der Waals surface area contributed by atoms with Gasteiger partial charge in [-0.15, -0.1) is 0 Å². The summed E-state index contributed by atoms with van der Waals surface area (Å²) in [6, 6.07) is 9.12. The van der Waals surface area contributed by atoms with Crippen molar-refractivity contribution in [2.75, 3.05) is 13.7 Å². The third kappa shape index (κ3) is 6.12. The summed E-state index contributed by atoms with van der Waals surface area (Å²) in [7, 11) is -2.58. The molecular formula is C23H27N5O7S. The molecule has 0 saturated heterocycles. The SMILES string of the molecule is COc1ccc(Cn2ccc(C(=O)c3cncnc3C[C@@H]3C[C@H](COS(N)(=O)=O)[C@@H](O)[C@H]3O)n2)cc1. The van der Waals surface area contributed by atoms with Gasteiger partial charge in [-0.25, -0.2) is 15.1 Å². The zero-order chi connectivity index (χ0) is 25.9. The summed E-state index contributed by atoms with van der Waals surface area (Å²) in [6.07, 6.45) is 2.47. The average molecular weight is 518 g/mol. The van der Waals surface area contributed by atoms with E-state index < -0.39 is 34.3 Å². The number of hydrogen-bond donors (Lipinski definition) is 3. The zero-order valence-corrected chi connectivity index (χ0v) is 20.3. The minimum atomic E-state index is -4.17. The van der Waals surface area contributed by atoms with Crippen molar-refractivity contribution in [3.63, 3.8) is 0 Å². The molecule has 1 saturated carbocycles. The van der Waals surface area contributed by atoms with E-state index in [1.165, 1.54) is 12.5 Å². The minimum absolute atomic E-state index is 0.167. The number of ketones is 1. The first-order chi connectivity index (χ1) is 17.1. The molecule has 0 radical (unpaired) electrons. The van der Waals surface area contributed by atoms with Crippen LogP contribution in [0.25, 0.3) is 0 Å². The summed E-state index contributed by atoms with van der Waals surface area (Å²) in [4.78, 5) is 21.4. The van der Waals surface area contributed by atoms with Crippen LogP contribution in [0.4, 0.5) is 0 Å². The number of aliphatic hydroxyl groups is 2. The van der Waals surface area contributed by atoms with Gasteiger partial charge in [-0.05, 0) is 42.5 Å². The number of ether oxygens (including phenoxy) is 1. The number of hydrogen-bond acceptors (Lipinski definition) is 10. The highest BCUT2D eigenvalue weighted by atomic mass is 32.2. The highest BCUT2D eigenvalue weighted by molar-refractivity contribution is 7.84. The van der Waals surface area contributed by atoms with Crippen LogP contribution in [0, 0.1) is 11.8 Å². The Bertz CT molecular complexity index is 1310. The van der Waals surface area contributed by atoms with E-state index in [9.17, 15) is 23.4 Å². The van der Waals surface area contributed by atoms with Crippen molar-refractivity contribution in [3.05, 3.63) is 71.6 Å². The number of methoxy groups -OCH3 is 1. The molecule has 2 aromatic heterocycles. The van der Waals surface area contributed by atoms with E-state index in [-0.39, 0.29) is 36.5 Å². The van der Waals surface area contributed by atoms with E-state index in [4.69, 9.17) is 9.88 Å². The quantitative estimate of drug-likeness (QED) is 0.312. The molecule has 1 aliphatic carbocycles. The largest absolute Gasteiger partial charge is 0.497 e. The number of rotatable bonds is 10. The maximum Gasteiger partial charge on any atom is 0.333 e. The molecule has 1 fully saturated rings. The highest BCUT2D eigenvalue weighted by Crippen LogP contribution is 2.35. The Morgan fingerprint density at radius 3 is 2.58 bits per heavy atom. The smallest absolute Gasteiger partial charge is 0.333 e. The van der Waals surface area contributed by atoms with E-state index >= 15 is 0 Å². The number of benzene rings is 1. The summed E-state index contributed by atoms with van der Waals surface area (Å²) >= 11 is 0. The molecule has 13 heteroatoms. The third-order valence-corrected chi connectivity index (χ3v) is 6.70. The van der Waals surface area contributed by atoms with Crippen LogP contribution < -0.4 is 9.88 Å². The van der Waals surface area contributed by atoms with E-state index in [2.05, 4.69) is 19.2 Å². The van der Waals surface area contributed by atoms with Gasteiger partial charge in [0.1, 0.15) is 17.8 Å².